The van der Waals surface area contributed by atoms with Crippen molar-refractivity contribution in [3.63, 3.8) is 0 Å². The number of nitriles is 1. The van der Waals surface area contributed by atoms with Crippen LogP contribution >= 0.6 is 15.9 Å². The van der Waals surface area contributed by atoms with Gasteiger partial charge in [0.25, 0.3) is 5.91 Å². The van der Waals surface area contributed by atoms with Crippen molar-refractivity contribution in [2.24, 2.45) is 0 Å². The van der Waals surface area contributed by atoms with Crippen molar-refractivity contribution in [2.45, 2.75) is 46.2 Å². The number of allylic oxidation sites excluding steroid dienone is 1. The molecule has 5 heteroatoms. The van der Waals surface area contributed by atoms with Crippen LogP contribution in [0.5, 0.6) is 0 Å². The molecule has 2 aromatic rings. The minimum atomic E-state index is -0.425. The predicted octanol–water partition coefficient (Wildman–Crippen LogP) is 6.41. The van der Waals surface area contributed by atoms with E-state index in [0.717, 1.165) is 15.6 Å². The maximum Gasteiger partial charge on any atom is 0.266 e. The fourth-order valence-corrected chi connectivity index (χ4v) is 4.58. The molecule has 0 saturated heterocycles. The highest BCUT2D eigenvalue weighted by Gasteiger charge is 2.32. The van der Waals surface area contributed by atoms with Gasteiger partial charge in [-0.25, -0.2) is 0 Å². The summed E-state index contributed by atoms with van der Waals surface area (Å²) in [4.78, 5) is 15.0. The molecular weight excluding hydrogens is 438 g/mol. The Labute approximate surface area is 187 Å². The van der Waals surface area contributed by atoms with Crippen LogP contribution in [-0.4, -0.2) is 17.5 Å². The highest BCUT2D eigenvalue weighted by Crippen LogP contribution is 2.40. The number of carbonyl (C=O) groups is 1. The third kappa shape index (κ3) is 4.49. The van der Waals surface area contributed by atoms with Gasteiger partial charge in [0.2, 0.25) is 0 Å². The molecular formula is C25H26BrN3O. The van der Waals surface area contributed by atoms with E-state index in [1.165, 1.54) is 11.3 Å². The third-order valence-corrected chi connectivity index (χ3v) is 5.66. The Morgan fingerprint density at radius 3 is 2.60 bits per heavy atom. The number of carbonyl (C=O) groups excluding carboxylic acids is 1. The lowest BCUT2D eigenvalue weighted by Crippen LogP contribution is -2.49. The molecule has 154 valence electrons. The molecule has 2 aromatic carbocycles. The summed E-state index contributed by atoms with van der Waals surface area (Å²) in [5.41, 5.74) is 4.93. The fourth-order valence-electron chi connectivity index (χ4n) is 4.18. The molecule has 0 radical (unpaired) electrons. The number of hydrogen-bond donors (Lipinski definition) is 1. The lowest BCUT2D eigenvalue weighted by molar-refractivity contribution is -0.112. The van der Waals surface area contributed by atoms with Gasteiger partial charge >= 0.3 is 0 Å². The maximum atomic E-state index is 12.6. The van der Waals surface area contributed by atoms with Crippen molar-refractivity contribution in [3.05, 3.63) is 69.7 Å². The van der Waals surface area contributed by atoms with Gasteiger partial charge < -0.3 is 10.2 Å². The summed E-state index contributed by atoms with van der Waals surface area (Å²) in [6, 6.07) is 15.8. The van der Waals surface area contributed by atoms with E-state index in [-0.39, 0.29) is 11.1 Å². The van der Waals surface area contributed by atoms with E-state index in [9.17, 15) is 10.1 Å². The number of amides is 1. The minimum absolute atomic E-state index is 0.0633. The third-order valence-electron chi connectivity index (χ3n) is 5.17. The minimum Gasteiger partial charge on any atom is -0.360 e. The summed E-state index contributed by atoms with van der Waals surface area (Å²) in [6.07, 6.45) is 3.91. The topological polar surface area (TPSA) is 56.1 Å². The van der Waals surface area contributed by atoms with Gasteiger partial charge in [-0.1, -0.05) is 34.1 Å². The van der Waals surface area contributed by atoms with Crippen LogP contribution in [-0.2, 0) is 4.79 Å². The van der Waals surface area contributed by atoms with Crippen LogP contribution in [0.3, 0.4) is 0 Å². The molecule has 1 amide bonds. The van der Waals surface area contributed by atoms with Crippen LogP contribution in [0.2, 0.25) is 0 Å². The highest BCUT2D eigenvalue weighted by molar-refractivity contribution is 9.10. The van der Waals surface area contributed by atoms with Gasteiger partial charge in [0, 0.05) is 27.5 Å². The van der Waals surface area contributed by atoms with E-state index in [2.05, 4.69) is 79.0 Å². The zero-order valence-electron chi connectivity index (χ0n) is 18.0. The molecule has 0 fully saturated rings. The Morgan fingerprint density at radius 2 is 1.97 bits per heavy atom. The van der Waals surface area contributed by atoms with Crippen LogP contribution in [0.25, 0.3) is 11.6 Å². The summed E-state index contributed by atoms with van der Waals surface area (Å²) < 4.78 is 0.859. The molecule has 0 atom stereocenters. The number of anilines is 2. The van der Waals surface area contributed by atoms with Crippen molar-refractivity contribution >= 4 is 44.9 Å². The molecule has 3 rings (SSSR count). The molecule has 1 N–H and O–H groups in total. The van der Waals surface area contributed by atoms with E-state index >= 15 is 0 Å². The van der Waals surface area contributed by atoms with Crippen molar-refractivity contribution in [3.8, 4) is 6.07 Å². The van der Waals surface area contributed by atoms with Crippen LogP contribution in [0, 0.1) is 11.3 Å². The molecule has 0 aromatic heterocycles. The Kier molecular flexibility index (Phi) is 6.19. The van der Waals surface area contributed by atoms with E-state index in [1.54, 1.807) is 18.2 Å². The summed E-state index contributed by atoms with van der Waals surface area (Å²) >= 11 is 3.38. The van der Waals surface area contributed by atoms with Gasteiger partial charge in [-0.3, -0.25) is 4.79 Å². The van der Waals surface area contributed by atoms with Crippen molar-refractivity contribution in [2.75, 3.05) is 10.2 Å². The van der Waals surface area contributed by atoms with Gasteiger partial charge in [0.05, 0.1) is 5.54 Å². The lowest BCUT2D eigenvalue weighted by atomic mass is 9.87. The molecule has 1 aliphatic rings. The molecule has 0 spiro atoms. The first kappa shape index (κ1) is 21.9. The SMILES string of the molecule is CC1=CC(C)(C)N(C(C)C)c2ccc(/C=C(/C#N)C(=O)Nc3cccc(Br)c3)cc21. The molecule has 4 nitrogen and oxygen atoms in total. The van der Waals surface area contributed by atoms with Crippen LogP contribution in [0.4, 0.5) is 11.4 Å². The molecule has 30 heavy (non-hydrogen) atoms. The molecule has 1 heterocycles. The summed E-state index contributed by atoms with van der Waals surface area (Å²) in [5, 5.41) is 12.3. The number of hydrogen-bond acceptors (Lipinski definition) is 3. The van der Waals surface area contributed by atoms with Crippen LogP contribution < -0.4 is 10.2 Å². The number of nitrogens with one attached hydrogen (secondary N) is 1. The highest BCUT2D eigenvalue weighted by atomic mass is 79.9. The zero-order valence-corrected chi connectivity index (χ0v) is 19.5. The molecule has 0 aliphatic carbocycles. The molecule has 0 saturated carbocycles. The number of halogens is 1. The van der Waals surface area contributed by atoms with Gasteiger partial charge in [-0.05, 0) is 82.2 Å². The second-order valence-corrected chi connectivity index (χ2v) is 9.27. The average molecular weight is 464 g/mol. The van der Waals surface area contributed by atoms with Gasteiger partial charge in [-0.2, -0.15) is 5.26 Å². The van der Waals surface area contributed by atoms with E-state index in [4.69, 9.17) is 0 Å². The Bertz CT molecular complexity index is 1090. The van der Waals surface area contributed by atoms with Gasteiger partial charge in [0.1, 0.15) is 11.6 Å². The Morgan fingerprint density at radius 1 is 1.23 bits per heavy atom. The first-order valence-corrected chi connectivity index (χ1v) is 10.7. The average Bonchev–Trinajstić information content (AvgIpc) is 2.65. The first-order valence-electron chi connectivity index (χ1n) is 9.94. The second kappa shape index (κ2) is 8.49. The number of rotatable bonds is 4. The van der Waals surface area contributed by atoms with Gasteiger partial charge in [0.15, 0.2) is 0 Å². The van der Waals surface area contributed by atoms with Gasteiger partial charge in [-0.15, -0.1) is 0 Å². The smallest absolute Gasteiger partial charge is 0.266 e. The number of fused-ring (bicyclic) bond motifs is 1. The first-order chi connectivity index (χ1) is 14.1. The van der Waals surface area contributed by atoms with E-state index < -0.39 is 5.91 Å². The Balaban J connectivity index is 1.95. The molecule has 1 aliphatic heterocycles. The van der Waals surface area contributed by atoms with Crippen molar-refractivity contribution < 1.29 is 4.79 Å². The summed E-state index contributed by atoms with van der Waals surface area (Å²) in [5.74, 6) is -0.425. The van der Waals surface area contributed by atoms with Crippen LogP contribution in [0.1, 0.15) is 45.7 Å². The number of benzene rings is 2. The predicted molar refractivity (Wildman–Crippen MR) is 128 cm³/mol. The zero-order chi connectivity index (χ0) is 22.1. The normalized spacial score (nSPS) is 15.3. The van der Waals surface area contributed by atoms with Crippen molar-refractivity contribution in [1.82, 2.24) is 0 Å². The van der Waals surface area contributed by atoms with Crippen molar-refractivity contribution in [1.29, 1.82) is 5.26 Å². The van der Waals surface area contributed by atoms with E-state index in [1.807, 2.05) is 24.3 Å². The summed E-state index contributed by atoms with van der Waals surface area (Å²) in [7, 11) is 0. The standard InChI is InChI=1S/C25H26BrN3O/c1-16(2)29-23-10-9-18(12-22(23)17(3)14-25(29,4)5)11-19(15-27)24(30)28-21-8-6-7-20(26)13-21/h6-14,16H,1-5H3,(H,28,30)/b19-11-. The fraction of sp³-hybridized carbons (Fsp3) is 0.280. The second-order valence-electron chi connectivity index (χ2n) is 8.36. The monoisotopic (exact) mass is 463 g/mol. The lowest BCUT2D eigenvalue weighted by Gasteiger charge is -2.46. The quantitative estimate of drug-likeness (QED) is 0.421. The maximum absolute atomic E-state index is 12.6. The van der Waals surface area contributed by atoms with Crippen LogP contribution in [0.15, 0.2) is 58.6 Å². The molecule has 0 unspecified atom stereocenters. The van der Waals surface area contributed by atoms with E-state index in [0.29, 0.717) is 11.7 Å². The largest absolute Gasteiger partial charge is 0.360 e. The number of nitrogens with zero attached hydrogens (tertiary/aromatic N) is 2. The summed E-state index contributed by atoms with van der Waals surface area (Å²) in [6.45, 7) is 10.9. The molecule has 0 bridgehead atoms. The Hall–Kier alpha value is -2.84.